The number of aryl methyl sites for hydroxylation is 1. The van der Waals surface area contributed by atoms with Crippen molar-refractivity contribution in [1.82, 2.24) is 9.80 Å². The van der Waals surface area contributed by atoms with Crippen LogP contribution in [0.5, 0.6) is 5.75 Å². The molecule has 138 valence electrons. The number of anilines is 1. The van der Waals surface area contributed by atoms with E-state index in [1.807, 2.05) is 0 Å². The minimum absolute atomic E-state index is 0.196. The Hall–Kier alpha value is -2.61. The maximum atomic E-state index is 12.3. The zero-order chi connectivity index (χ0) is 19.6. The van der Waals surface area contributed by atoms with Crippen LogP contribution in [0.25, 0.3) is 11.3 Å². The quantitative estimate of drug-likeness (QED) is 0.427. The highest BCUT2D eigenvalue weighted by Crippen LogP contribution is 2.36. The van der Waals surface area contributed by atoms with Crippen molar-refractivity contribution in [2.75, 3.05) is 5.73 Å². The smallest absolute Gasteiger partial charge is 0.285 e. The van der Waals surface area contributed by atoms with E-state index in [1.165, 1.54) is 6.21 Å². The molecule has 0 aliphatic rings. The molecule has 2 aromatic carbocycles. The fourth-order valence-electron chi connectivity index (χ4n) is 2.31. The van der Waals surface area contributed by atoms with Gasteiger partial charge < -0.3 is 10.8 Å². The van der Waals surface area contributed by atoms with Crippen molar-refractivity contribution >= 4 is 52.5 Å². The van der Waals surface area contributed by atoms with Crippen molar-refractivity contribution in [3.05, 3.63) is 62.4 Å². The first-order valence-electron chi connectivity index (χ1n) is 7.70. The van der Waals surface area contributed by atoms with Crippen molar-refractivity contribution in [3.63, 3.8) is 0 Å². The number of phenolic OH excluding ortho intramolecular Hbond substituents is 1. The monoisotopic (exact) mass is 420 g/mol. The van der Waals surface area contributed by atoms with E-state index in [9.17, 15) is 9.90 Å². The molecule has 1 amide bonds. The Bertz CT molecular complexity index is 1050. The molecular weight excluding hydrogens is 407 g/mol. The number of nitrogens with two attached hydrogens (primary N) is 1. The second kappa shape index (κ2) is 7.96. The van der Waals surface area contributed by atoms with Crippen LogP contribution in [0.1, 0.15) is 20.8 Å². The Morgan fingerprint density at radius 2 is 2.07 bits per heavy atom. The number of carbonyl (C=O) groups is 1. The number of hydrazone groups is 1. The number of hydrogen-bond donors (Lipinski definition) is 3. The van der Waals surface area contributed by atoms with Gasteiger partial charge in [-0.05, 0) is 66.0 Å². The van der Waals surface area contributed by atoms with Crippen LogP contribution >= 0.6 is 34.7 Å². The van der Waals surface area contributed by atoms with E-state index in [-0.39, 0.29) is 16.3 Å². The number of phenols is 1. The van der Waals surface area contributed by atoms with E-state index < -0.39 is 5.91 Å². The van der Waals surface area contributed by atoms with E-state index >= 15 is 0 Å². The molecule has 0 aliphatic carbocycles. The summed E-state index contributed by atoms with van der Waals surface area (Å²) in [6.07, 6.45) is 1.47. The highest BCUT2D eigenvalue weighted by atomic mass is 35.5. The van der Waals surface area contributed by atoms with Crippen LogP contribution in [0, 0.1) is 6.92 Å². The van der Waals surface area contributed by atoms with E-state index in [0.717, 1.165) is 17.1 Å². The van der Waals surface area contributed by atoms with Gasteiger partial charge in [-0.25, -0.2) is 5.43 Å². The number of hydrogen-bond acceptors (Lipinski definition) is 6. The third-order valence-corrected chi connectivity index (χ3v) is 5.13. The number of rotatable bonds is 4. The lowest BCUT2D eigenvalue weighted by molar-refractivity contribution is 0.0960. The second-order valence-corrected chi connectivity index (χ2v) is 7.26. The molecule has 0 saturated carbocycles. The number of halogens is 2. The topological polar surface area (TPSA) is 101 Å². The number of aromatic nitrogens is 1. The predicted octanol–water partition coefficient (Wildman–Crippen LogP) is 4.48. The van der Waals surface area contributed by atoms with Crippen molar-refractivity contribution in [3.8, 4) is 17.0 Å². The van der Waals surface area contributed by atoms with Crippen molar-refractivity contribution < 1.29 is 9.90 Å². The maximum Gasteiger partial charge on any atom is 0.285 e. The summed E-state index contributed by atoms with van der Waals surface area (Å²) >= 11 is 13.0. The molecule has 27 heavy (non-hydrogen) atoms. The van der Waals surface area contributed by atoms with Gasteiger partial charge in [-0.1, -0.05) is 23.2 Å². The number of nitrogens with one attached hydrogen (secondary N) is 1. The van der Waals surface area contributed by atoms with Gasteiger partial charge in [-0.15, -0.1) is 0 Å². The van der Waals surface area contributed by atoms with Gasteiger partial charge in [0.25, 0.3) is 5.91 Å². The number of carbonyl (C=O) groups excluding carboxylic acids is 1. The first kappa shape index (κ1) is 19.2. The molecule has 0 aliphatic heterocycles. The van der Waals surface area contributed by atoms with E-state index in [1.54, 1.807) is 43.3 Å². The molecule has 0 unspecified atom stereocenters. The van der Waals surface area contributed by atoms with Crippen LogP contribution in [0.2, 0.25) is 10.0 Å². The van der Waals surface area contributed by atoms with Crippen molar-refractivity contribution in [2.24, 2.45) is 5.10 Å². The highest BCUT2D eigenvalue weighted by Gasteiger charge is 2.20. The van der Waals surface area contributed by atoms with Crippen LogP contribution < -0.4 is 11.2 Å². The molecule has 0 bridgehead atoms. The highest BCUT2D eigenvalue weighted by molar-refractivity contribution is 7.09. The third kappa shape index (κ3) is 4.21. The summed E-state index contributed by atoms with van der Waals surface area (Å²) in [4.78, 5) is 12.6. The average Bonchev–Trinajstić information content (AvgIpc) is 2.99. The van der Waals surface area contributed by atoms with Gasteiger partial charge in [0.15, 0.2) is 0 Å². The summed E-state index contributed by atoms with van der Waals surface area (Å²) in [7, 11) is 0. The summed E-state index contributed by atoms with van der Waals surface area (Å²) in [5, 5.41) is 14.3. The van der Waals surface area contributed by atoms with Crippen molar-refractivity contribution in [2.45, 2.75) is 6.92 Å². The van der Waals surface area contributed by atoms with E-state index in [0.29, 0.717) is 26.9 Å². The van der Waals surface area contributed by atoms with E-state index in [2.05, 4.69) is 14.9 Å². The molecule has 0 radical (unpaired) electrons. The van der Waals surface area contributed by atoms with Crippen molar-refractivity contribution in [1.29, 1.82) is 0 Å². The molecule has 0 saturated heterocycles. The Balaban J connectivity index is 1.77. The molecule has 1 aromatic heterocycles. The van der Waals surface area contributed by atoms with Gasteiger partial charge in [0, 0.05) is 10.6 Å². The standard InChI is InChI=1S/C18H14Cl2N4O2S/c1-9-6-10(2-5-14(9)25)8-22-23-18(26)17-15(21)16(24-27-17)12-4-3-11(19)7-13(12)20/h2-8,25H,21H2,1H3,(H,23,26). The van der Waals surface area contributed by atoms with Crippen LogP contribution in [0.4, 0.5) is 5.69 Å². The minimum atomic E-state index is -0.479. The molecule has 6 nitrogen and oxygen atoms in total. The van der Waals surface area contributed by atoms with Crippen LogP contribution in [-0.4, -0.2) is 21.6 Å². The number of aromatic hydroxyl groups is 1. The Morgan fingerprint density at radius 3 is 2.78 bits per heavy atom. The van der Waals surface area contributed by atoms with Gasteiger partial charge in [-0.2, -0.15) is 9.47 Å². The second-order valence-electron chi connectivity index (χ2n) is 5.64. The first-order chi connectivity index (χ1) is 12.9. The molecule has 3 rings (SSSR count). The van der Waals surface area contributed by atoms with Gasteiger partial charge >= 0.3 is 0 Å². The summed E-state index contributed by atoms with van der Waals surface area (Å²) in [6.45, 7) is 1.77. The molecule has 0 fully saturated rings. The molecule has 4 N–H and O–H groups in total. The normalized spacial score (nSPS) is 11.1. The number of benzene rings is 2. The number of nitrogen functional groups attached to an aromatic ring is 1. The van der Waals surface area contributed by atoms with Gasteiger partial charge in [0.2, 0.25) is 0 Å². The number of amides is 1. The predicted molar refractivity (Wildman–Crippen MR) is 110 cm³/mol. The lowest BCUT2D eigenvalue weighted by atomic mass is 10.1. The Morgan fingerprint density at radius 1 is 1.30 bits per heavy atom. The summed E-state index contributed by atoms with van der Waals surface area (Å²) in [5.74, 6) is -0.282. The molecule has 9 heteroatoms. The largest absolute Gasteiger partial charge is 0.508 e. The molecule has 1 heterocycles. The fraction of sp³-hybridized carbons (Fsp3) is 0.0556. The summed E-state index contributed by atoms with van der Waals surface area (Å²) in [5.41, 5.74) is 11.2. The fourth-order valence-corrected chi connectivity index (χ4v) is 3.51. The minimum Gasteiger partial charge on any atom is -0.508 e. The Labute approximate surface area is 169 Å². The van der Waals surface area contributed by atoms with Crippen LogP contribution in [0.15, 0.2) is 41.5 Å². The molecule has 0 spiro atoms. The molecule has 3 aromatic rings. The summed E-state index contributed by atoms with van der Waals surface area (Å²) in [6, 6.07) is 9.93. The average molecular weight is 421 g/mol. The zero-order valence-corrected chi connectivity index (χ0v) is 16.4. The lowest BCUT2D eigenvalue weighted by Gasteiger charge is -2.03. The molecular formula is C18H14Cl2N4O2S. The van der Waals surface area contributed by atoms with Gasteiger partial charge in [-0.3, -0.25) is 4.79 Å². The number of nitrogens with zero attached hydrogens (tertiary/aromatic N) is 2. The maximum absolute atomic E-state index is 12.3. The van der Waals surface area contributed by atoms with E-state index in [4.69, 9.17) is 28.9 Å². The zero-order valence-electron chi connectivity index (χ0n) is 14.0. The van der Waals surface area contributed by atoms with Crippen LogP contribution in [0.3, 0.4) is 0 Å². The third-order valence-electron chi connectivity index (χ3n) is 3.72. The SMILES string of the molecule is Cc1cc(C=NNC(=O)c2snc(-c3ccc(Cl)cc3Cl)c2N)ccc1O. The first-order valence-corrected chi connectivity index (χ1v) is 9.23. The van der Waals surface area contributed by atoms with Crippen LogP contribution in [-0.2, 0) is 0 Å². The molecule has 0 atom stereocenters. The van der Waals surface area contributed by atoms with Gasteiger partial charge in [0.1, 0.15) is 16.3 Å². The Kier molecular flexibility index (Phi) is 5.65. The lowest BCUT2D eigenvalue weighted by Crippen LogP contribution is -2.17. The van der Waals surface area contributed by atoms with Gasteiger partial charge in [0.05, 0.1) is 16.9 Å². The summed E-state index contributed by atoms with van der Waals surface area (Å²) < 4.78 is 4.23.